The topological polar surface area (TPSA) is 34.1 Å². The molecule has 5 heteroatoms. The standard InChI is InChI=1S/C16H9F3O2/c17-16(18,19)10-6-7-11-12(8-10)15(21)13(14(11)20)9-4-2-1-3-5-9/h1-8,13H. The molecule has 3 rings (SSSR count). The van der Waals surface area contributed by atoms with E-state index in [0.29, 0.717) is 5.56 Å². The van der Waals surface area contributed by atoms with Crippen LogP contribution >= 0.6 is 0 Å². The van der Waals surface area contributed by atoms with E-state index < -0.39 is 29.2 Å². The molecule has 2 aromatic rings. The van der Waals surface area contributed by atoms with E-state index in [2.05, 4.69) is 0 Å². The van der Waals surface area contributed by atoms with E-state index in [0.717, 1.165) is 18.2 Å². The van der Waals surface area contributed by atoms with E-state index >= 15 is 0 Å². The number of benzene rings is 2. The SMILES string of the molecule is O=C1c2ccc(C(F)(F)F)cc2C(=O)C1c1ccccc1. The van der Waals surface area contributed by atoms with Crippen LogP contribution in [0.4, 0.5) is 13.2 Å². The lowest BCUT2D eigenvalue weighted by Gasteiger charge is -2.07. The maximum absolute atomic E-state index is 12.7. The Labute approximate surface area is 118 Å². The zero-order valence-corrected chi connectivity index (χ0v) is 10.6. The first-order valence-corrected chi connectivity index (χ1v) is 6.24. The molecule has 0 radical (unpaired) electrons. The maximum atomic E-state index is 12.7. The largest absolute Gasteiger partial charge is 0.416 e. The third-order valence-electron chi connectivity index (χ3n) is 3.54. The smallest absolute Gasteiger partial charge is 0.293 e. The number of carbonyl (C=O) groups excluding carboxylic acids is 2. The van der Waals surface area contributed by atoms with Gasteiger partial charge in [-0.05, 0) is 17.7 Å². The van der Waals surface area contributed by atoms with Crippen LogP contribution in [0, 0.1) is 0 Å². The van der Waals surface area contributed by atoms with Crippen molar-refractivity contribution in [2.45, 2.75) is 12.1 Å². The Hall–Kier alpha value is -2.43. The van der Waals surface area contributed by atoms with Crippen molar-refractivity contribution in [3.8, 4) is 0 Å². The lowest BCUT2D eigenvalue weighted by molar-refractivity contribution is -0.137. The van der Waals surface area contributed by atoms with Crippen molar-refractivity contribution in [1.82, 2.24) is 0 Å². The number of ketones is 2. The summed E-state index contributed by atoms with van der Waals surface area (Å²) < 4.78 is 38.1. The van der Waals surface area contributed by atoms with Crippen molar-refractivity contribution < 1.29 is 22.8 Å². The predicted octanol–water partition coefficient (Wildman–Crippen LogP) is 3.87. The van der Waals surface area contributed by atoms with Gasteiger partial charge in [-0.15, -0.1) is 0 Å². The van der Waals surface area contributed by atoms with Gasteiger partial charge in [-0.1, -0.05) is 36.4 Å². The van der Waals surface area contributed by atoms with Gasteiger partial charge in [-0.2, -0.15) is 13.2 Å². The lowest BCUT2D eigenvalue weighted by atomic mass is 9.94. The van der Waals surface area contributed by atoms with E-state index in [-0.39, 0.29) is 11.1 Å². The molecule has 2 nitrogen and oxygen atoms in total. The van der Waals surface area contributed by atoms with E-state index in [4.69, 9.17) is 0 Å². The lowest BCUT2D eigenvalue weighted by Crippen LogP contribution is -2.12. The maximum Gasteiger partial charge on any atom is 0.416 e. The third kappa shape index (κ3) is 2.14. The number of alkyl halides is 3. The molecule has 0 heterocycles. The van der Waals surface area contributed by atoms with Crippen LogP contribution in [0.2, 0.25) is 0 Å². The second-order valence-electron chi connectivity index (χ2n) is 4.83. The average Bonchev–Trinajstić information content (AvgIpc) is 2.70. The van der Waals surface area contributed by atoms with Crippen molar-refractivity contribution in [3.05, 3.63) is 70.8 Å². The summed E-state index contributed by atoms with van der Waals surface area (Å²) in [4.78, 5) is 24.6. The molecule has 0 fully saturated rings. The van der Waals surface area contributed by atoms with E-state index in [1.807, 2.05) is 0 Å². The molecule has 1 aliphatic carbocycles. The predicted molar refractivity (Wildman–Crippen MR) is 69.3 cm³/mol. The van der Waals surface area contributed by atoms with Crippen LogP contribution in [-0.4, -0.2) is 11.6 Å². The van der Waals surface area contributed by atoms with Gasteiger partial charge in [0.2, 0.25) is 0 Å². The van der Waals surface area contributed by atoms with Crippen molar-refractivity contribution in [2.24, 2.45) is 0 Å². The fraction of sp³-hybridized carbons (Fsp3) is 0.125. The highest BCUT2D eigenvalue weighted by atomic mass is 19.4. The van der Waals surface area contributed by atoms with Crippen molar-refractivity contribution >= 4 is 11.6 Å². The van der Waals surface area contributed by atoms with E-state index in [9.17, 15) is 22.8 Å². The van der Waals surface area contributed by atoms with E-state index in [1.54, 1.807) is 30.3 Å². The molecule has 0 aliphatic heterocycles. The van der Waals surface area contributed by atoms with Gasteiger partial charge in [-0.3, -0.25) is 9.59 Å². The number of hydrogen-bond acceptors (Lipinski definition) is 2. The average molecular weight is 290 g/mol. The summed E-state index contributed by atoms with van der Waals surface area (Å²) in [5, 5.41) is 0. The van der Waals surface area contributed by atoms with Crippen LogP contribution in [0.15, 0.2) is 48.5 Å². The highest BCUT2D eigenvalue weighted by Gasteiger charge is 2.41. The van der Waals surface area contributed by atoms with Crippen LogP contribution in [0.1, 0.15) is 37.8 Å². The molecule has 106 valence electrons. The first-order valence-electron chi connectivity index (χ1n) is 6.24. The zero-order valence-electron chi connectivity index (χ0n) is 10.6. The van der Waals surface area contributed by atoms with Gasteiger partial charge in [0.05, 0.1) is 5.56 Å². The Morgan fingerprint density at radius 1 is 0.810 bits per heavy atom. The minimum absolute atomic E-state index is 0.0573. The fourth-order valence-corrected chi connectivity index (χ4v) is 2.52. The minimum atomic E-state index is -4.54. The molecule has 0 N–H and O–H groups in total. The van der Waals surface area contributed by atoms with Crippen LogP contribution in [-0.2, 0) is 6.18 Å². The molecule has 0 amide bonds. The van der Waals surface area contributed by atoms with Crippen LogP contribution in [0.25, 0.3) is 0 Å². The first-order chi connectivity index (χ1) is 9.89. The second-order valence-corrected chi connectivity index (χ2v) is 4.83. The second kappa shape index (κ2) is 4.55. The third-order valence-corrected chi connectivity index (χ3v) is 3.54. The van der Waals surface area contributed by atoms with Crippen LogP contribution in [0.3, 0.4) is 0 Å². The van der Waals surface area contributed by atoms with Gasteiger partial charge in [-0.25, -0.2) is 0 Å². The molecule has 0 spiro atoms. The van der Waals surface area contributed by atoms with Gasteiger partial charge >= 0.3 is 6.18 Å². The zero-order chi connectivity index (χ0) is 15.2. The quantitative estimate of drug-likeness (QED) is 0.747. The molecule has 1 aliphatic rings. The first kappa shape index (κ1) is 13.5. The monoisotopic (exact) mass is 290 g/mol. The number of halogens is 3. The normalized spacial score (nSPS) is 18.0. The number of Topliss-reactive ketones (excluding diaryl/α,β-unsaturated/α-hetero) is 2. The summed E-state index contributed by atoms with van der Waals surface area (Å²) in [5.74, 6) is -2.06. The minimum Gasteiger partial charge on any atom is -0.293 e. The number of fused-ring (bicyclic) bond motifs is 1. The van der Waals surface area contributed by atoms with E-state index in [1.165, 1.54) is 0 Å². The number of hydrogen-bond donors (Lipinski definition) is 0. The van der Waals surface area contributed by atoms with Gasteiger partial charge < -0.3 is 0 Å². The summed E-state index contributed by atoms with van der Waals surface area (Å²) in [5.41, 5.74) is -0.515. The molecule has 0 aromatic heterocycles. The highest BCUT2D eigenvalue weighted by molar-refractivity contribution is 6.29. The Morgan fingerprint density at radius 2 is 1.43 bits per heavy atom. The summed E-state index contributed by atoms with van der Waals surface area (Å²) in [6.45, 7) is 0. The van der Waals surface area contributed by atoms with Gasteiger partial charge in [0.1, 0.15) is 5.92 Å². The molecule has 0 saturated heterocycles. The molecule has 2 aromatic carbocycles. The van der Waals surface area contributed by atoms with Crippen molar-refractivity contribution in [2.75, 3.05) is 0 Å². The number of rotatable bonds is 1. The van der Waals surface area contributed by atoms with Gasteiger partial charge in [0.15, 0.2) is 11.6 Å². The molecule has 1 unspecified atom stereocenters. The molecular weight excluding hydrogens is 281 g/mol. The molecular formula is C16H9F3O2. The molecule has 0 bridgehead atoms. The highest BCUT2D eigenvalue weighted by Crippen LogP contribution is 2.37. The van der Waals surface area contributed by atoms with Crippen LogP contribution < -0.4 is 0 Å². The Balaban J connectivity index is 2.09. The van der Waals surface area contributed by atoms with Gasteiger partial charge in [0, 0.05) is 11.1 Å². The van der Waals surface area contributed by atoms with Crippen LogP contribution in [0.5, 0.6) is 0 Å². The molecule has 0 saturated carbocycles. The Kier molecular flexibility index (Phi) is 2.93. The van der Waals surface area contributed by atoms with Crippen molar-refractivity contribution in [3.63, 3.8) is 0 Å². The summed E-state index contributed by atoms with van der Waals surface area (Å²) in [6.07, 6.45) is -4.54. The Bertz CT molecular complexity index is 733. The van der Waals surface area contributed by atoms with Gasteiger partial charge in [0.25, 0.3) is 0 Å². The fourth-order valence-electron chi connectivity index (χ4n) is 2.52. The summed E-state index contributed by atoms with van der Waals surface area (Å²) in [7, 11) is 0. The Morgan fingerprint density at radius 3 is 2.05 bits per heavy atom. The summed E-state index contributed by atoms with van der Waals surface area (Å²) >= 11 is 0. The molecule has 21 heavy (non-hydrogen) atoms. The summed E-state index contributed by atoms with van der Waals surface area (Å²) in [6, 6.07) is 11.0. The molecule has 1 atom stereocenters. The number of carbonyl (C=O) groups is 2. The van der Waals surface area contributed by atoms with Crippen molar-refractivity contribution in [1.29, 1.82) is 0 Å².